The molecule has 0 aromatic heterocycles. The molecule has 0 aliphatic heterocycles. The van der Waals surface area contributed by atoms with E-state index in [4.69, 9.17) is 4.74 Å². The summed E-state index contributed by atoms with van der Waals surface area (Å²) >= 11 is 0. The molecule has 1 aromatic carbocycles. The van der Waals surface area contributed by atoms with Gasteiger partial charge < -0.3 is 10.1 Å². The number of ether oxygens (including phenoxy) is 1. The van der Waals surface area contributed by atoms with Crippen LogP contribution in [-0.4, -0.2) is 30.0 Å². The molecule has 1 amide bonds. The van der Waals surface area contributed by atoms with Crippen molar-refractivity contribution in [1.29, 1.82) is 0 Å². The standard InChI is InChI=1S/C15H17FN2O5/c1-23-15(20)9-2-5-11(6-3-9)17-14(19)10-4-7-13(18(21)22)12(16)8-10/h4,7-9,11H,2-3,5-6H2,1H3,(H,17,19). The van der Waals surface area contributed by atoms with Crippen LogP contribution in [0.25, 0.3) is 0 Å². The van der Waals surface area contributed by atoms with Gasteiger partial charge >= 0.3 is 11.7 Å². The van der Waals surface area contributed by atoms with Crippen LogP contribution in [0.5, 0.6) is 0 Å². The number of nitro groups is 1. The Hall–Kier alpha value is -2.51. The van der Waals surface area contributed by atoms with Gasteiger partial charge in [0.25, 0.3) is 5.91 Å². The highest BCUT2D eigenvalue weighted by Crippen LogP contribution is 2.25. The van der Waals surface area contributed by atoms with Crippen molar-refractivity contribution in [2.24, 2.45) is 5.92 Å². The van der Waals surface area contributed by atoms with E-state index in [1.54, 1.807) is 0 Å². The number of rotatable bonds is 4. The molecule has 0 radical (unpaired) electrons. The minimum Gasteiger partial charge on any atom is -0.469 e. The second-order valence-corrected chi connectivity index (χ2v) is 5.47. The smallest absolute Gasteiger partial charge is 0.308 e. The van der Waals surface area contributed by atoms with E-state index < -0.39 is 22.3 Å². The average molecular weight is 324 g/mol. The predicted molar refractivity (Wildman–Crippen MR) is 78.3 cm³/mol. The molecule has 1 aliphatic rings. The van der Waals surface area contributed by atoms with Crippen LogP contribution in [0.4, 0.5) is 10.1 Å². The molecule has 1 saturated carbocycles. The molecule has 23 heavy (non-hydrogen) atoms. The summed E-state index contributed by atoms with van der Waals surface area (Å²) in [6.45, 7) is 0. The van der Waals surface area contributed by atoms with Crippen LogP contribution in [0.1, 0.15) is 36.0 Å². The molecule has 1 aliphatic carbocycles. The van der Waals surface area contributed by atoms with Gasteiger partial charge in [-0.25, -0.2) is 0 Å². The summed E-state index contributed by atoms with van der Waals surface area (Å²) in [4.78, 5) is 33.2. The Kier molecular flexibility index (Phi) is 5.25. The van der Waals surface area contributed by atoms with E-state index in [9.17, 15) is 24.1 Å². The van der Waals surface area contributed by atoms with Crippen LogP contribution in [-0.2, 0) is 9.53 Å². The zero-order chi connectivity index (χ0) is 17.0. The molecule has 0 bridgehead atoms. The van der Waals surface area contributed by atoms with Gasteiger partial charge in [-0.05, 0) is 37.8 Å². The van der Waals surface area contributed by atoms with Crippen molar-refractivity contribution in [3.63, 3.8) is 0 Å². The van der Waals surface area contributed by atoms with Gasteiger partial charge in [-0.15, -0.1) is 0 Å². The minimum atomic E-state index is -1.04. The highest BCUT2D eigenvalue weighted by Gasteiger charge is 2.28. The monoisotopic (exact) mass is 324 g/mol. The first-order valence-electron chi connectivity index (χ1n) is 7.25. The second kappa shape index (κ2) is 7.17. The summed E-state index contributed by atoms with van der Waals surface area (Å²) in [6.07, 6.45) is 2.49. The van der Waals surface area contributed by atoms with Gasteiger partial charge in [0.05, 0.1) is 18.0 Å². The van der Waals surface area contributed by atoms with Gasteiger partial charge in [-0.2, -0.15) is 4.39 Å². The molecule has 1 fully saturated rings. The number of nitrogens with zero attached hydrogens (tertiary/aromatic N) is 1. The molecular weight excluding hydrogens is 307 g/mol. The third-order valence-corrected chi connectivity index (χ3v) is 4.00. The number of methoxy groups -OCH3 is 1. The summed E-state index contributed by atoms with van der Waals surface area (Å²) in [5, 5.41) is 13.3. The number of nitrogens with one attached hydrogen (secondary N) is 1. The average Bonchev–Trinajstić information content (AvgIpc) is 2.54. The van der Waals surface area contributed by atoms with E-state index in [-0.39, 0.29) is 23.5 Å². The molecule has 7 nitrogen and oxygen atoms in total. The summed E-state index contributed by atoms with van der Waals surface area (Å²) in [5.74, 6) is -1.92. The summed E-state index contributed by atoms with van der Waals surface area (Å²) in [5.41, 5.74) is -0.636. The SMILES string of the molecule is COC(=O)C1CCC(NC(=O)c2ccc([N+](=O)[O-])c(F)c2)CC1. The van der Waals surface area contributed by atoms with E-state index in [2.05, 4.69) is 5.32 Å². The first-order chi connectivity index (χ1) is 10.9. The predicted octanol–water partition coefficient (Wildman–Crippen LogP) is 2.20. The van der Waals surface area contributed by atoms with E-state index in [0.29, 0.717) is 25.7 Å². The van der Waals surface area contributed by atoms with Crippen LogP contribution >= 0.6 is 0 Å². The third-order valence-electron chi connectivity index (χ3n) is 4.00. The Morgan fingerprint density at radius 1 is 1.30 bits per heavy atom. The Balaban J connectivity index is 1.94. The lowest BCUT2D eigenvalue weighted by atomic mass is 9.86. The molecule has 0 unspecified atom stereocenters. The second-order valence-electron chi connectivity index (χ2n) is 5.47. The number of halogens is 1. The quantitative estimate of drug-likeness (QED) is 0.520. The normalized spacial score (nSPS) is 20.6. The van der Waals surface area contributed by atoms with Gasteiger partial charge in [-0.3, -0.25) is 19.7 Å². The zero-order valence-corrected chi connectivity index (χ0v) is 12.6. The Morgan fingerprint density at radius 3 is 2.48 bits per heavy atom. The maximum Gasteiger partial charge on any atom is 0.308 e. The maximum atomic E-state index is 13.5. The van der Waals surface area contributed by atoms with Crippen molar-refractivity contribution in [2.75, 3.05) is 7.11 Å². The maximum absolute atomic E-state index is 13.5. The van der Waals surface area contributed by atoms with Crippen LogP contribution < -0.4 is 5.32 Å². The number of carbonyl (C=O) groups excluding carboxylic acids is 2. The molecule has 0 spiro atoms. The van der Waals surface area contributed by atoms with Gasteiger partial charge in [0.2, 0.25) is 5.82 Å². The summed E-state index contributed by atoms with van der Waals surface area (Å²) in [6, 6.07) is 2.93. The number of hydrogen-bond acceptors (Lipinski definition) is 5. The Morgan fingerprint density at radius 2 is 1.96 bits per heavy atom. The van der Waals surface area contributed by atoms with Crippen molar-refractivity contribution < 1.29 is 23.6 Å². The van der Waals surface area contributed by atoms with Gasteiger partial charge in [0.1, 0.15) is 0 Å². The van der Waals surface area contributed by atoms with Gasteiger partial charge in [-0.1, -0.05) is 0 Å². The molecule has 0 atom stereocenters. The number of benzene rings is 1. The van der Waals surface area contributed by atoms with E-state index in [1.807, 2.05) is 0 Å². The molecule has 0 heterocycles. The third kappa shape index (κ3) is 4.02. The van der Waals surface area contributed by atoms with Crippen molar-refractivity contribution in [1.82, 2.24) is 5.32 Å². The zero-order valence-electron chi connectivity index (χ0n) is 12.6. The highest BCUT2D eigenvalue weighted by atomic mass is 19.1. The molecule has 2 rings (SSSR count). The number of esters is 1. The molecule has 124 valence electrons. The van der Waals surface area contributed by atoms with E-state index in [1.165, 1.54) is 13.2 Å². The number of amides is 1. The first-order valence-corrected chi connectivity index (χ1v) is 7.25. The molecule has 0 saturated heterocycles. The van der Waals surface area contributed by atoms with Crippen LogP contribution in [0, 0.1) is 21.8 Å². The fraction of sp³-hybridized carbons (Fsp3) is 0.467. The lowest BCUT2D eigenvalue weighted by molar-refractivity contribution is -0.387. The first kappa shape index (κ1) is 16.9. The summed E-state index contributed by atoms with van der Waals surface area (Å²) < 4.78 is 18.2. The fourth-order valence-electron chi connectivity index (χ4n) is 2.71. The number of carbonyl (C=O) groups is 2. The topological polar surface area (TPSA) is 98.5 Å². The minimum absolute atomic E-state index is 0.0307. The largest absolute Gasteiger partial charge is 0.469 e. The van der Waals surface area contributed by atoms with Crippen molar-refractivity contribution in [3.05, 3.63) is 39.7 Å². The molecule has 1 aromatic rings. The lowest BCUT2D eigenvalue weighted by Gasteiger charge is -2.27. The van der Waals surface area contributed by atoms with E-state index >= 15 is 0 Å². The molecule has 1 N–H and O–H groups in total. The van der Waals surface area contributed by atoms with Crippen LogP contribution in [0.15, 0.2) is 18.2 Å². The molecule has 8 heteroatoms. The van der Waals surface area contributed by atoms with Gasteiger partial charge in [0.15, 0.2) is 0 Å². The van der Waals surface area contributed by atoms with Crippen molar-refractivity contribution in [3.8, 4) is 0 Å². The lowest BCUT2D eigenvalue weighted by Crippen LogP contribution is -2.38. The van der Waals surface area contributed by atoms with Crippen LogP contribution in [0.2, 0.25) is 0 Å². The molecular formula is C15H17FN2O5. The Bertz CT molecular complexity index is 626. The number of hydrogen-bond donors (Lipinski definition) is 1. The van der Waals surface area contributed by atoms with Crippen molar-refractivity contribution >= 4 is 17.6 Å². The summed E-state index contributed by atoms with van der Waals surface area (Å²) in [7, 11) is 1.35. The number of nitro benzene ring substituents is 1. The van der Waals surface area contributed by atoms with Gasteiger partial charge in [0, 0.05) is 17.7 Å². The van der Waals surface area contributed by atoms with E-state index in [0.717, 1.165) is 12.1 Å². The highest BCUT2D eigenvalue weighted by molar-refractivity contribution is 5.94. The van der Waals surface area contributed by atoms with Crippen molar-refractivity contribution in [2.45, 2.75) is 31.7 Å². The fourth-order valence-corrected chi connectivity index (χ4v) is 2.71. The van der Waals surface area contributed by atoms with Crippen LogP contribution in [0.3, 0.4) is 0 Å². The Labute approximate surface area is 132 Å².